The highest BCUT2D eigenvalue weighted by Crippen LogP contribution is 2.64. The molecule has 1 spiro atoms. The highest BCUT2D eigenvalue weighted by molar-refractivity contribution is 6.24. The average Bonchev–Trinajstić information content (AvgIpc) is 1.51. The van der Waals surface area contributed by atoms with Crippen LogP contribution in [-0.4, -0.2) is 33.2 Å². The maximum absolute atomic E-state index is 5.99. The fourth-order valence-electron chi connectivity index (χ4n) is 17.9. The van der Waals surface area contributed by atoms with E-state index in [2.05, 4.69) is 339 Å². The summed E-state index contributed by atoms with van der Waals surface area (Å²) in [4.78, 5) is 20.4. The number of para-hydroxylation sites is 8. The van der Waals surface area contributed by atoms with Gasteiger partial charge in [0.15, 0.2) is 5.82 Å². The van der Waals surface area contributed by atoms with E-state index in [-0.39, 0.29) is 12.0 Å². The van der Waals surface area contributed by atoms with Crippen molar-refractivity contribution >= 4 is 93.8 Å². The van der Waals surface area contributed by atoms with Gasteiger partial charge in [-0.3, -0.25) is 9.13 Å². The highest BCUT2D eigenvalue weighted by Gasteiger charge is 2.52. The third kappa shape index (κ3) is 6.73. The van der Waals surface area contributed by atoms with Gasteiger partial charge in [0.05, 0.1) is 55.8 Å². The third-order valence-electron chi connectivity index (χ3n) is 21.6. The molecule has 4 aliphatic rings. The predicted octanol–water partition coefficient (Wildman–Crippen LogP) is 21.1. The zero-order valence-corrected chi connectivity index (χ0v) is 51.8. The Morgan fingerprint density at radius 1 is 0.312 bits per heavy atom. The van der Waals surface area contributed by atoms with E-state index in [4.69, 9.17) is 15.0 Å². The van der Waals surface area contributed by atoms with Crippen LogP contribution in [0.5, 0.6) is 0 Å². The molecule has 0 fully saturated rings. The monoisotopic (exact) mass is 1220 g/mol. The van der Waals surface area contributed by atoms with Crippen LogP contribution in [0, 0.1) is 0 Å². The van der Waals surface area contributed by atoms with Gasteiger partial charge >= 0.3 is 0 Å². The van der Waals surface area contributed by atoms with Crippen molar-refractivity contribution in [2.75, 3.05) is 4.90 Å². The number of benzene rings is 13. The molecule has 5 aromatic heterocycles. The van der Waals surface area contributed by atoms with E-state index in [9.17, 15) is 0 Å². The minimum absolute atomic E-state index is 0.0328. The van der Waals surface area contributed by atoms with E-state index in [0.717, 1.165) is 83.0 Å². The molecular weight excluding hydrogens is 1170 g/mol. The van der Waals surface area contributed by atoms with Crippen molar-refractivity contribution in [1.29, 1.82) is 0 Å². The number of hydrogen-bond acceptors (Lipinski definition) is 4. The number of hydrogen-bond donors (Lipinski definition) is 0. The molecule has 3 aliphatic carbocycles. The first-order valence-corrected chi connectivity index (χ1v) is 33.2. The Labute approximate surface area is 551 Å². The minimum atomic E-state index is -0.708. The second-order valence-electron chi connectivity index (χ2n) is 26.1. The molecule has 0 saturated carbocycles. The normalized spacial score (nSPS) is 16.3. The Kier molecular flexibility index (Phi) is 10.4. The largest absolute Gasteiger partial charge is 0.331 e. The summed E-state index contributed by atoms with van der Waals surface area (Å²) in [6, 6.07) is 112. The van der Waals surface area contributed by atoms with Crippen molar-refractivity contribution in [1.82, 2.24) is 33.2 Å². The summed E-state index contributed by atoms with van der Waals surface area (Å²) in [5.41, 5.74) is 25.7. The molecule has 3 atom stereocenters. The second-order valence-corrected chi connectivity index (χ2v) is 26.1. The van der Waals surface area contributed by atoms with E-state index in [1.165, 1.54) is 83.0 Å². The van der Waals surface area contributed by atoms with Crippen molar-refractivity contribution in [3.63, 3.8) is 0 Å². The van der Waals surface area contributed by atoms with Crippen LogP contribution in [0.25, 0.3) is 139 Å². The molecule has 0 N–H and O–H groups in total. The average molecular weight is 1220 g/mol. The first kappa shape index (κ1) is 51.9. The van der Waals surface area contributed by atoms with Gasteiger partial charge < -0.3 is 14.0 Å². The lowest BCUT2D eigenvalue weighted by molar-refractivity contribution is 0.630. The number of rotatable bonds is 6. The summed E-state index contributed by atoms with van der Waals surface area (Å²) >= 11 is 0. The summed E-state index contributed by atoms with van der Waals surface area (Å²) in [7, 11) is 0. The molecule has 8 heteroatoms. The van der Waals surface area contributed by atoms with Crippen LogP contribution in [0.4, 0.5) is 11.4 Å². The predicted molar refractivity (Wildman–Crippen MR) is 391 cm³/mol. The van der Waals surface area contributed by atoms with E-state index in [1.807, 2.05) is 0 Å². The Bertz CT molecular complexity index is 6370. The number of nitrogens with zero attached hydrogens (tertiary/aromatic N) is 8. The zero-order valence-electron chi connectivity index (χ0n) is 51.8. The van der Waals surface area contributed by atoms with Crippen LogP contribution in [0.2, 0.25) is 0 Å². The van der Waals surface area contributed by atoms with Crippen molar-refractivity contribution < 1.29 is 0 Å². The number of fused-ring (bicyclic) bond motifs is 27. The fraction of sp³-hybridized carbons (Fsp3) is 0.0341. The Hall–Kier alpha value is -12.7. The molecule has 0 saturated heterocycles. The first-order chi connectivity index (χ1) is 47.7. The number of anilines is 2. The van der Waals surface area contributed by atoms with Gasteiger partial charge in [-0.25, -0.2) is 0 Å². The molecule has 6 heterocycles. The quantitative estimate of drug-likeness (QED) is 0.166. The van der Waals surface area contributed by atoms with Crippen LogP contribution < -0.4 is 4.90 Å². The highest BCUT2D eigenvalue weighted by atomic mass is 15.3. The van der Waals surface area contributed by atoms with Gasteiger partial charge in [0.25, 0.3) is 0 Å². The van der Waals surface area contributed by atoms with E-state index < -0.39 is 5.41 Å². The Morgan fingerprint density at radius 3 is 1.43 bits per heavy atom. The Balaban J connectivity index is 0.849. The van der Waals surface area contributed by atoms with Crippen molar-refractivity contribution in [2.24, 2.45) is 0 Å². The standard InChI is InChI=1S/C88H54N8/c1-3-23-54(24-4-1)93-77-39-19-11-31-63(77)67-47-49-69-65-33-13-21-41-79(65)95(83(69)81(67)93)86-89-85(90-87(91-86)96-80-42-22-14-34-66(80)70-50-48-68-64-32-12-20-40-78(64)94(82(68)84(70)96)55-25-5-2-6-26-55)53-43-45-59-57-27-7-15-35-71(57)88(73(59)51-53)72-36-16-8-28-58(72)60-46-44-56(52-74(60)88)92-75-37-17-9-29-61(75)62-30-10-18-38-76(62)92/h1-52,67,81H. The van der Waals surface area contributed by atoms with Gasteiger partial charge in [-0.2, -0.15) is 15.0 Å². The van der Waals surface area contributed by atoms with Crippen LogP contribution in [0.1, 0.15) is 51.0 Å². The lowest BCUT2D eigenvalue weighted by atomic mass is 9.70. The van der Waals surface area contributed by atoms with Gasteiger partial charge in [0.2, 0.25) is 11.9 Å². The maximum Gasteiger partial charge on any atom is 0.240 e. The molecule has 18 aromatic rings. The molecule has 0 amide bonds. The van der Waals surface area contributed by atoms with Crippen LogP contribution in [0.3, 0.4) is 0 Å². The van der Waals surface area contributed by atoms with Crippen LogP contribution in [0.15, 0.2) is 309 Å². The molecule has 8 nitrogen and oxygen atoms in total. The molecule has 446 valence electrons. The number of aromatic nitrogens is 7. The molecule has 96 heavy (non-hydrogen) atoms. The summed E-state index contributed by atoms with van der Waals surface area (Å²) in [5, 5.41) is 8.14. The minimum Gasteiger partial charge on any atom is -0.331 e. The van der Waals surface area contributed by atoms with Gasteiger partial charge in [0.1, 0.15) is 0 Å². The first-order valence-electron chi connectivity index (χ1n) is 33.2. The SMILES string of the molecule is C1=CC2c3ccccc3N(c3ccccc3)C2c2c1c1ccccc1n2-c1nc(-c2ccc3c(c2)C2(c4ccccc4-3)c3ccccc3-c3ccc(-n4c5ccccc5c5ccccc54)cc32)nc(-n2c3ccccc3c3ccc4c5ccccc5n(-c5ccccc5)c4c32)n1. The van der Waals surface area contributed by atoms with Crippen LogP contribution >= 0.6 is 0 Å². The van der Waals surface area contributed by atoms with Gasteiger partial charge in [-0.05, 0) is 129 Å². The maximum atomic E-state index is 5.99. The van der Waals surface area contributed by atoms with Crippen molar-refractivity contribution in [3.05, 3.63) is 348 Å². The lowest BCUT2D eigenvalue weighted by Gasteiger charge is -2.33. The smallest absolute Gasteiger partial charge is 0.240 e. The van der Waals surface area contributed by atoms with Gasteiger partial charge in [-0.15, -0.1) is 0 Å². The third-order valence-corrected chi connectivity index (χ3v) is 21.6. The summed E-state index contributed by atoms with van der Waals surface area (Å²) in [5.74, 6) is 1.66. The zero-order chi connectivity index (χ0) is 62.5. The van der Waals surface area contributed by atoms with Crippen molar-refractivity contribution in [3.8, 4) is 56.9 Å². The molecule has 1 aliphatic heterocycles. The lowest BCUT2D eigenvalue weighted by Crippen LogP contribution is -2.27. The topological polar surface area (TPSA) is 61.6 Å². The van der Waals surface area contributed by atoms with Crippen LogP contribution in [-0.2, 0) is 5.41 Å². The summed E-state index contributed by atoms with van der Waals surface area (Å²) in [6.45, 7) is 0. The summed E-state index contributed by atoms with van der Waals surface area (Å²) in [6.07, 6.45) is 4.78. The van der Waals surface area contributed by atoms with E-state index >= 15 is 0 Å². The fourth-order valence-corrected chi connectivity index (χ4v) is 17.9. The molecular formula is C88H54N8. The summed E-state index contributed by atoms with van der Waals surface area (Å²) < 4.78 is 9.62. The van der Waals surface area contributed by atoms with Gasteiger partial charge in [-0.1, -0.05) is 237 Å². The molecule has 3 unspecified atom stereocenters. The van der Waals surface area contributed by atoms with E-state index in [1.54, 1.807) is 0 Å². The molecule has 0 radical (unpaired) electrons. The molecule has 22 rings (SSSR count). The molecule has 13 aromatic carbocycles. The van der Waals surface area contributed by atoms with Crippen molar-refractivity contribution in [2.45, 2.75) is 17.4 Å². The second kappa shape index (κ2) is 19.2. The Morgan fingerprint density at radius 2 is 0.781 bits per heavy atom. The molecule has 0 bridgehead atoms. The van der Waals surface area contributed by atoms with Gasteiger partial charge in [0, 0.05) is 77.5 Å². The van der Waals surface area contributed by atoms with E-state index in [0.29, 0.717) is 17.7 Å².